The highest BCUT2D eigenvalue weighted by Crippen LogP contribution is 2.23. The number of sulfone groups is 1. The second-order valence-electron chi connectivity index (χ2n) is 6.42. The standard InChI is InChI=1S/C18H24BrNO6S/c1-3-4-8-20(13-7-9-27(23,24)12-13)17(21)11-26-18(22)15-10-14(25-2)5-6-16(15)19/h5-6,10,13H,3-4,7-9,11-12H2,1-2H3. The Morgan fingerprint density at radius 3 is 2.67 bits per heavy atom. The summed E-state index contributed by atoms with van der Waals surface area (Å²) in [4.78, 5) is 26.5. The first-order valence-corrected chi connectivity index (χ1v) is 11.4. The van der Waals surface area contributed by atoms with Gasteiger partial charge in [0, 0.05) is 17.1 Å². The third-order valence-corrected chi connectivity index (χ3v) is 6.88. The number of benzene rings is 1. The molecule has 27 heavy (non-hydrogen) atoms. The molecule has 7 nitrogen and oxygen atoms in total. The summed E-state index contributed by atoms with van der Waals surface area (Å²) in [6.07, 6.45) is 2.06. The highest BCUT2D eigenvalue weighted by molar-refractivity contribution is 9.10. The number of methoxy groups -OCH3 is 1. The summed E-state index contributed by atoms with van der Waals surface area (Å²) in [6, 6.07) is 4.53. The Bertz CT molecular complexity index is 795. The zero-order valence-corrected chi connectivity index (χ0v) is 17.8. The molecule has 2 rings (SSSR count). The van der Waals surface area contributed by atoms with Crippen LogP contribution in [0.25, 0.3) is 0 Å². The van der Waals surface area contributed by atoms with Crippen LogP contribution in [0, 0.1) is 0 Å². The fraction of sp³-hybridized carbons (Fsp3) is 0.556. The zero-order valence-electron chi connectivity index (χ0n) is 15.4. The van der Waals surface area contributed by atoms with Gasteiger partial charge in [-0.3, -0.25) is 4.79 Å². The number of esters is 1. The Morgan fingerprint density at radius 1 is 1.33 bits per heavy atom. The smallest absolute Gasteiger partial charge is 0.339 e. The normalized spacial score (nSPS) is 18.1. The largest absolute Gasteiger partial charge is 0.497 e. The summed E-state index contributed by atoms with van der Waals surface area (Å²) < 4.78 is 34.3. The minimum atomic E-state index is -3.11. The van der Waals surface area contributed by atoms with Gasteiger partial charge < -0.3 is 14.4 Å². The summed E-state index contributed by atoms with van der Waals surface area (Å²) in [5.74, 6) is -0.471. The van der Waals surface area contributed by atoms with Crippen molar-refractivity contribution < 1.29 is 27.5 Å². The highest BCUT2D eigenvalue weighted by atomic mass is 79.9. The van der Waals surface area contributed by atoms with Crippen LogP contribution in [-0.2, 0) is 19.4 Å². The first-order chi connectivity index (χ1) is 12.8. The van der Waals surface area contributed by atoms with Crippen LogP contribution in [0.1, 0.15) is 36.5 Å². The molecule has 0 bridgehead atoms. The van der Waals surface area contributed by atoms with E-state index in [1.54, 1.807) is 17.0 Å². The highest BCUT2D eigenvalue weighted by Gasteiger charge is 2.34. The lowest BCUT2D eigenvalue weighted by molar-refractivity contribution is -0.136. The lowest BCUT2D eigenvalue weighted by Crippen LogP contribution is -2.43. The fourth-order valence-corrected chi connectivity index (χ4v) is 5.08. The third-order valence-electron chi connectivity index (χ3n) is 4.44. The molecule has 1 aromatic rings. The molecule has 1 aliphatic rings. The molecule has 0 saturated carbocycles. The van der Waals surface area contributed by atoms with Crippen LogP contribution in [0.3, 0.4) is 0 Å². The molecule has 1 amide bonds. The van der Waals surface area contributed by atoms with E-state index in [0.29, 0.717) is 23.2 Å². The minimum absolute atomic E-state index is 0.0299. The van der Waals surface area contributed by atoms with E-state index in [2.05, 4.69) is 15.9 Å². The number of carbonyl (C=O) groups excluding carboxylic acids is 2. The van der Waals surface area contributed by atoms with E-state index >= 15 is 0 Å². The van der Waals surface area contributed by atoms with Gasteiger partial charge in [-0.05, 0) is 47.0 Å². The van der Waals surface area contributed by atoms with Gasteiger partial charge in [0.15, 0.2) is 16.4 Å². The predicted octanol–water partition coefficient (Wildman–Crippen LogP) is 2.43. The van der Waals surface area contributed by atoms with E-state index in [1.807, 2.05) is 6.92 Å². The van der Waals surface area contributed by atoms with Gasteiger partial charge >= 0.3 is 5.97 Å². The maximum atomic E-state index is 12.6. The van der Waals surface area contributed by atoms with E-state index in [0.717, 1.165) is 12.8 Å². The van der Waals surface area contributed by atoms with Crippen molar-refractivity contribution in [1.82, 2.24) is 4.90 Å². The number of unbranched alkanes of at least 4 members (excludes halogenated alkanes) is 1. The number of rotatable bonds is 8. The van der Waals surface area contributed by atoms with E-state index in [1.165, 1.54) is 13.2 Å². The molecule has 150 valence electrons. The zero-order chi connectivity index (χ0) is 20.0. The Morgan fingerprint density at radius 2 is 2.07 bits per heavy atom. The van der Waals surface area contributed by atoms with Crippen LogP contribution in [0.15, 0.2) is 22.7 Å². The second-order valence-corrected chi connectivity index (χ2v) is 9.50. The van der Waals surface area contributed by atoms with Crippen LogP contribution in [0.2, 0.25) is 0 Å². The summed E-state index contributed by atoms with van der Waals surface area (Å²) in [5, 5.41) is 0. The number of ether oxygens (including phenoxy) is 2. The Hall–Kier alpha value is -1.61. The van der Waals surface area contributed by atoms with Gasteiger partial charge in [0.05, 0.1) is 24.2 Å². The summed E-state index contributed by atoms with van der Waals surface area (Å²) in [6.45, 7) is 2.02. The lowest BCUT2D eigenvalue weighted by Gasteiger charge is -2.28. The Labute approximate surface area is 168 Å². The Balaban J connectivity index is 2.03. The first-order valence-electron chi connectivity index (χ1n) is 8.78. The SMILES string of the molecule is CCCCN(C(=O)COC(=O)c1cc(OC)ccc1Br)C1CCS(=O)(=O)C1. The number of halogens is 1. The van der Waals surface area contributed by atoms with Crippen molar-refractivity contribution in [2.45, 2.75) is 32.2 Å². The maximum Gasteiger partial charge on any atom is 0.339 e. The average molecular weight is 462 g/mol. The Kier molecular flexibility index (Phi) is 7.67. The number of hydrogen-bond acceptors (Lipinski definition) is 6. The topological polar surface area (TPSA) is 90.0 Å². The number of carbonyl (C=O) groups is 2. The van der Waals surface area contributed by atoms with Crippen LogP contribution in [-0.4, -0.2) is 63.0 Å². The summed E-state index contributed by atoms with van der Waals surface area (Å²) >= 11 is 3.28. The molecule has 1 aliphatic heterocycles. The number of nitrogens with zero attached hydrogens (tertiary/aromatic N) is 1. The predicted molar refractivity (Wildman–Crippen MR) is 105 cm³/mol. The quantitative estimate of drug-likeness (QED) is 0.552. The summed E-state index contributed by atoms with van der Waals surface area (Å²) in [7, 11) is -1.62. The van der Waals surface area contributed by atoms with Crippen molar-refractivity contribution in [2.75, 3.05) is 31.8 Å². The molecular weight excluding hydrogens is 438 g/mol. The van der Waals surface area contributed by atoms with Gasteiger partial charge in [-0.1, -0.05) is 13.3 Å². The van der Waals surface area contributed by atoms with Gasteiger partial charge in [0.25, 0.3) is 5.91 Å². The van der Waals surface area contributed by atoms with Gasteiger partial charge in [-0.15, -0.1) is 0 Å². The van der Waals surface area contributed by atoms with Crippen molar-refractivity contribution in [3.05, 3.63) is 28.2 Å². The lowest BCUT2D eigenvalue weighted by atomic mass is 10.2. The molecule has 1 atom stereocenters. The second kappa shape index (κ2) is 9.54. The molecule has 0 radical (unpaired) electrons. The van der Waals surface area contributed by atoms with E-state index in [9.17, 15) is 18.0 Å². The van der Waals surface area contributed by atoms with Gasteiger partial charge in [-0.2, -0.15) is 0 Å². The molecule has 0 aromatic heterocycles. The average Bonchev–Trinajstić information content (AvgIpc) is 3.00. The van der Waals surface area contributed by atoms with E-state index in [-0.39, 0.29) is 29.0 Å². The molecule has 1 unspecified atom stereocenters. The first kappa shape index (κ1) is 21.7. The molecule has 0 spiro atoms. The van der Waals surface area contributed by atoms with Crippen LogP contribution >= 0.6 is 15.9 Å². The van der Waals surface area contributed by atoms with Gasteiger partial charge in [0.1, 0.15) is 5.75 Å². The van der Waals surface area contributed by atoms with Crippen LogP contribution in [0.4, 0.5) is 0 Å². The fourth-order valence-electron chi connectivity index (χ4n) is 2.94. The third kappa shape index (κ3) is 5.93. The van der Waals surface area contributed by atoms with Crippen molar-refractivity contribution in [3.63, 3.8) is 0 Å². The van der Waals surface area contributed by atoms with Crippen molar-refractivity contribution >= 4 is 37.6 Å². The van der Waals surface area contributed by atoms with Crippen LogP contribution < -0.4 is 4.74 Å². The molecule has 1 heterocycles. The molecule has 9 heteroatoms. The van der Waals surface area contributed by atoms with Crippen molar-refractivity contribution in [3.8, 4) is 5.75 Å². The minimum Gasteiger partial charge on any atom is -0.497 e. The molecule has 1 saturated heterocycles. The number of amides is 1. The van der Waals surface area contributed by atoms with Crippen molar-refractivity contribution in [1.29, 1.82) is 0 Å². The molecule has 0 aliphatic carbocycles. The van der Waals surface area contributed by atoms with E-state index < -0.39 is 22.4 Å². The van der Waals surface area contributed by atoms with Crippen molar-refractivity contribution in [2.24, 2.45) is 0 Å². The summed E-state index contributed by atoms with van der Waals surface area (Å²) in [5.41, 5.74) is 0.255. The van der Waals surface area contributed by atoms with E-state index in [4.69, 9.17) is 9.47 Å². The maximum absolute atomic E-state index is 12.6. The monoisotopic (exact) mass is 461 g/mol. The van der Waals surface area contributed by atoms with Crippen LogP contribution in [0.5, 0.6) is 5.75 Å². The number of hydrogen-bond donors (Lipinski definition) is 0. The van der Waals surface area contributed by atoms with Gasteiger partial charge in [0.2, 0.25) is 0 Å². The van der Waals surface area contributed by atoms with Gasteiger partial charge in [-0.25, -0.2) is 13.2 Å². The molecule has 1 fully saturated rings. The molecular formula is C18H24BrNO6S. The molecule has 1 aromatic carbocycles. The molecule has 0 N–H and O–H groups in total.